The summed E-state index contributed by atoms with van der Waals surface area (Å²) in [6.07, 6.45) is 0. The second kappa shape index (κ2) is 7.67. The van der Waals surface area contributed by atoms with Gasteiger partial charge in [-0.1, -0.05) is 6.07 Å². The summed E-state index contributed by atoms with van der Waals surface area (Å²) in [4.78, 5) is 2.61. The van der Waals surface area contributed by atoms with Crippen molar-refractivity contribution in [1.29, 1.82) is 0 Å². The summed E-state index contributed by atoms with van der Waals surface area (Å²) in [7, 11) is -3.51. The zero-order valence-corrected chi connectivity index (χ0v) is 18.3. The quantitative estimate of drug-likeness (QED) is 0.691. The summed E-state index contributed by atoms with van der Waals surface area (Å²) in [5, 5.41) is 0. The van der Waals surface area contributed by atoms with Gasteiger partial charge in [0.05, 0.1) is 4.90 Å². The first-order valence-electron chi connectivity index (χ1n) is 9.22. The Hall–Kier alpha value is -1.61. The van der Waals surface area contributed by atoms with Crippen LogP contribution in [0.4, 0.5) is 0 Å². The average Bonchev–Trinajstić information content (AvgIpc) is 3.13. The van der Waals surface area contributed by atoms with E-state index >= 15 is 0 Å². The monoisotopic (exact) mass is 466 g/mol. The third kappa shape index (κ3) is 3.78. The number of hydrogen-bond acceptors (Lipinski definition) is 5. The van der Waals surface area contributed by atoms with Crippen molar-refractivity contribution in [2.75, 3.05) is 33.0 Å². The van der Waals surface area contributed by atoms with E-state index in [1.54, 1.807) is 10.4 Å². The molecule has 0 saturated carbocycles. The van der Waals surface area contributed by atoms with Crippen molar-refractivity contribution in [3.63, 3.8) is 0 Å². The molecule has 1 fully saturated rings. The van der Waals surface area contributed by atoms with E-state index in [1.165, 1.54) is 0 Å². The van der Waals surface area contributed by atoms with Crippen LogP contribution in [0.15, 0.2) is 39.7 Å². The summed E-state index contributed by atoms with van der Waals surface area (Å²) in [5.41, 5.74) is 3.18. The number of rotatable bonds is 4. The maximum Gasteiger partial charge on any atom is 0.244 e. The van der Waals surface area contributed by atoms with Crippen molar-refractivity contribution in [3.8, 4) is 11.5 Å². The molecule has 0 amide bonds. The average molecular weight is 467 g/mol. The highest BCUT2D eigenvalue weighted by Gasteiger charge is 2.30. The number of piperazine rings is 1. The second-order valence-corrected chi connectivity index (χ2v) is 10.00. The molecule has 6 nitrogen and oxygen atoms in total. The smallest absolute Gasteiger partial charge is 0.244 e. The minimum absolute atomic E-state index is 0.267. The zero-order valence-electron chi connectivity index (χ0n) is 15.9. The molecule has 2 aromatic carbocycles. The number of halogens is 1. The Kier molecular flexibility index (Phi) is 5.39. The molecule has 2 heterocycles. The molecule has 0 radical (unpaired) electrons. The van der Waals surface area contributed by atoms with Gasteiger partial charge in [-0.15, -0.1) is 0 Å². The summed E-state index contributed by atoms with van der Waals surface area (Å²) in [6.45, 7) is 7.28. The lowest BCUT2D eigenvalue weighted by Crippen LogP contribution is -2.48. The minimum Gasteiger partial charge on any atom is -0.454 e. The third-order valence-electron chi connectivity index (χ3n) is 5.34. The molecule has 28 heavy (non-hydrogen) atoms. The summed E-state index contributed by atoms with van der Waals surface area (Å²) in [5.74, 6) is 1.55. The van der Waals surface area contributed by atoms with Crippen molar-refractivity contribution >= 4 is 26.0 Å². The van der Waals surface area contributed by atoms with Gasteiger partial charge in [-0.3, -0.25) is 4.90 Å². The Labute approximate surface area is 174 Å². The van der Waals surface area contributed by atoms with Crippen LogP contribution in [0.3, 0.4) is 0 Å². The van der Waals surface area contributed by atoms with Gasteiger partial charge in [0.15, 0.2) is 11.5 Å². The molecule has 0 unspecified atom stereocenters. The van der Waals surface area contributed by atoms with Gasteiger partial charge >= 0.3 is 0 Å². The van der Waals surface area contributed by atoms with Gasteiger partial charge in [-0.25, -0.2) is 8.42 Å². The molecule has 0 aliphatic carbocycles. The van der Waals surface area contributed by atoms with Gasteiger partial charge in [0.25, 0.3) is 0 Å². The van der Waals surface area contributed by atoms with Gasteiger partial charge in [-0.05, 0) is 70.7 Å². The summed E-state index contributed by atoms with van der Waals surface area (Å²) in [6, 6.07) is 9.59. The Bertz CT molecular complexity index is 1000. The lowest BCUT2D eigenvalue weighted by atomic mass is 10.1. The largest absolute Gasteiger partial charge is 0.454 e. The first kappa shape index (κ1) is 19.7. The highest BCUT2D eigenvalue weighted by Crippen LogP contribution is 2.33. The van der Waals surface area contributed by atoms with Crippen LogP contribution in [-0.4, -0.2) is 50.6 Å². The fourth-order valence-electron chi connectivity index (χ4n) is 3.52. The van der Waals surface area contributed by atoms with Crippen LogP contribution in [0.1, 0.15) is 16.7 Å². The first-order valence-corrected chi connectivity index (χ1v) is 11.5. The summed E-state index contributed by atoms with van der Waals surface area (Å²) >= 11 is 3.43. The Balaban J connectivity index is 1.43. The van der Waals surface area contributed by atoms with E-state index in [-0.39, 0.29) is 6.79 Å². The lowest BCUT2D eigenvalue weighted by Gasteiger charge is -2.34. The van der Waals surface area contributed by atoms with Gasteiger partial charge in [0, 0.05) is 37.2 Å². The van der Waals surface area contributed by atoms with Gasteiger partial charge < -0.3 is 9.47 Å². The van der Waals surface area contributed by atoms with Gasteiger partial charge in [0.1, 0.15) is 0 Å². The summed E-state index contributed by atoms with van der Waals surface area (Å²) < 4.78 is 39.2. The molecule has 0 N–H and O–H groups in total. The van der Waals surface area contributed by atoms with E-state index in [9.17, 15) is 8.42 Å². The van der Waals surface area contributed by atoms with Crippen molar-refractivity contribution < 1.29 is 17.9 Å². The number of benzene rings is 2. The van der Waals surface area contributed by atoms with Crippen LogP contribution in [0.5, 0.6) is 11.5 Å². The molecule has 4 rings (SSSR count). The van der Waals surface area contributed by atoms with E-state index in [2.05, 4.69) is 20.8 Å². The molecule has 2 aliphatic rings. The number of hydrogen-bond donors (Lipinski definition) is 0. The lowest BCUT2D eigenvalue weighted by molar-refractivity contribution is 0.173. The standard InChI is InChI=1S/C20H23BrN2O4S/c1-14-9-17(21)20(10-15(14)2)28(24,25)23-7-5-22(6-8-23)12-16-3-4-18-19(11-16)27-13-26-18/h3-4,9-11H,5-8,12-13H2,1-2H3. The van der Waals surface area contributed by atoms with Crippen molar-refractivity contribution in [2.45, 2.75) is 25.3 Å². The van der Waals surface area contributed by atoms with Crippen LogP contribution >= 0.6 is 15.9 Å². The van der Waals surface area contributed by atoms with E-state index in [0.29, 0.717) is 35.5 Å². The molecule has 2 aliphatic heterocycles. The molecule has 0 spiro atoms. The Morgan fingerprint density at radius 1 is 0.964 bits per heavy atom. The first-order chi connectivity index (χ1) is 13.3. The number of ether oxygens (including phenoxy) is 2. The molecule has 8 heteroatoms. The SMILES string of the molecule is Cc1cc(Br)c(S(=O)(=O)N2CCN(Cc3ccc4c(c3)OCO4)CC2)cc1C. The normalized spacial score (nSPS) is 17.8. The molecule has 1 saturated heterocycles. The second-order valence-electron chi connectivity index (χ2n) is 7.23. The fourth-order valence-corrected chi connectivity index (χ4v) is 6.14. The van der Waals surface area contributed by atoms with E-state index in [0.717, 1.165) is 34.7 Å². The van der Waals surface area contributed by atoms with Crippen molar-refractivity contribution in [3.05, 3.63) is 51.5 Å². The van der Waals surface area contributed by atoms with Gasteiger partial charge in [0.2, 0.25) is 16.8 Å². The van der Waals surface area contributed by atoms with Crippen molar-refractivity contribution in [2.24, 2.45) is 0 Å². The predicted molar refractivity (Wildman–Crippen MR) is 110 cm³/mol. The number of sulfonamides is 1. The van der Waals surface area contributed by atoms with Crippen LogP contribution < -0.4 is 9.47 Å². The molecule has 150 valence electrons. The van der Waals surface area contributed by atoms with E-state index < -0.39 is 10.0 Å². The molecule has 2 aromatic rings. The molecule has 0 bridgehead atoms. The fraction of sp³-hybridized carbons (Fsp3) is 0.400. The van der Waals surface area contributed by atoms with Crippen LogP contribution in [0.2, 0.25) is 0 Å². The minimum atomic E-state index is -3.51. The number of nitrogens with zero attached hydrogens (tertiary/aromatic N) is 2. The molecular weight excluding hydrogens is 444 g/mol. The van der Waals surface area contributed by atoms with E-state index in [1.807, 2.05) is 38.1 Å². The topological polar surface area (TPSA) is 59.1 Å². The maximum absolute atomic E-state index is 13.1. The maximum atomic E-state index is 13.1. The van der Waals surface area contributed by atoms with Crippen LogP contribution in [0.25, 0.3) is 0 Å². The molecular formula is C20H23BrN2O4S. The third-order valence-corrected chi connectivity index (χ3v) is 8.20. The molecule has 0 atom stereocenters. The highest BCUT2D eigenvalue weighted by molar-refractivity contribution is 9.10. The predicted octanol–water partition coefficient (Wildman–Crippen LogP) is 3.30. The van der Waals surface area contributed by atoms with Gasteiger partial charge in [-0.2, -0.15) is 4.31 Å². The number of fused-ring (bicyclic) bond motifs is 1. The highest BCUT2D eigenvalue weighted by atomic mass is 79.9. The van der Waals surface area contributed by atoms with Crippen LogP contribution in [0, 0.1) is 13.8 Å². The van der Waals surface area contributed by atoms with E-state index in [4.69, 9.17) is 9.47 Å². The zero-order chi connectivity index (χ0) is 19.9. The Morgan fingerprint density at radius 2 is 1.64 bits per heavy atom. The van der Waals surface area contributed by atoms with Crippen LogP contribution in [-0.2, 0) is 16.6 Å². The Morgan fingerprint density at radius 3 is 2.39 bits per heavy atom. The van der Waals surface area contributed by atoms with Crippen molar-refractivity contribution in [1.82, 2.24) is 9.21 Å². The number of aryl methyl sites for hydroxylation is 2. The molecule has 0 aromatic heterocycles.